The van der Waals surface area contributed by atoms with Gasteiger partial charge >= 0.3 is 0 Å². The third-order valence-corrected chi connectivity index (χ3v) is 4.75. The van der Waals surface area contributed by atoms with E-state index < -0.39 is 0 Å². The Morgan fingerprint density at radius 2 is 2.00 bits per heavy atom. The van der Waals surface area contributed by atoms with Crippen LogP contribution in [0, 0.1) is 18.3 Å². The molecule has 0 saturated carbocycles. The summed E-state index contributed by atoms with van der Waals surface area (Å²) in [7, 11) is 0. The minimum atomic E-state index is -0.0700. The fourth-order valence-electron chi connectivity index (χ4n) is 3.37. The van der Waals surface area contributed by atoms with Crippen LogP contribution in [0.25, 0.3) is 0 Å². The molecule has 0 atom stereocenters. The highest BCUT2D eigenvalue weighted by Crippen LogP contribution is 2.21. The van der Waals surface area contributed by atoms with Gasteiger partial charge in [0.2, 0.25) is 5.88 Å². The molecule has 28 heavy (non-hydrogen) atoms. The molecular weight excluding hydrogens is 352 g/mol. The summed E-state index contributed by atoms with van der Waals surface area (Å²) in [4.78, 5) is 14.7. The highest BCUT2D eigenvalue weighted by Gasteiger charge is 2.24. The van der Waals surface area contributed by atoms with Crippen molar-refractivity contribution in [1.29, 1.82) is 5.26 Å². The Kier molecular flexibility index (Phi) is 4.81. The first kappa shape index (κ1) is 17.8. The predicted octanol–water partition coefficient (Wildman–Crippen LogP) is 3.30. The van der Waals surface area contributed by atoms with Crippen molar-refractivity contribution in [1.82, 2.24) is 14.7 Å². The maximum Gasteiger partial charge on any atom is 0.254 e. The van der Waals surface area contributed by atoms with Gasteiger partial charge in [-0.3, -0.25) is 9.48 Å². The third kappa shape index (κ3) is 3.74. The van der Waals surface area contributed by atoms with E-state index in [-0.39, 0.29) is 5.91 Å². The topological polar surface area (TPSA) is 71.2 Å². The lowest BCUT2D eigenvalue weighted by Gasteiger charge is -2.27. The van der Waals surface area contributed by atoms with Gasteiger partial charge in [0.15, 0.2) is 0 Å². The highest BCUT2D eigenvalue weighted by atomic mass is 16.5. The molecule has 6 nitrogen and oxygen atoms in total. The van der Waals surface area contributed by atoms with Gasteiger partial charge < -0.3 is 9.64 Å². The maximum absolute atomic E-state index is 12.9. The van der Waals surface area contributed by atoms with Crippen LogP contribution >= 0.6 is 0 Å². The second-order valence-corrected chi connectivity index (χ2v) is 6.90. The Morgan fingerprint density at radius 1 is 1.18 bits per heavy atom. The normalized spacial score (nSPS) is 12.9. The molecule has 140 valence electrons. The molecule has 1 aromatic heterocycles. The summed E-state index contributed by atoms with van der Waals surface area (Å²) >= 11 is 0. The number of nitrogens with zero attached hydrogens (tertiary/aromatic N) is 4. The number of benzene rings is 2. The van der Waals surface area contributed by atoms with Crippen molar-refractivity contribution in [3.8, 4) is 11.9 Å². The number of amides is 1. The Hall–Kier alpha value is -3.59. The summed E-state index contributed by atoms with van der Waals surface area (Å²) in [5.41, 5.74) is 3.97. The van der Waals surface area contributed by atoms with Crippen molar-refractivity contribution in [3.05, 3.63) is 82.5 Å². The number of nitriles is 1. The molecule has 0 spiro atoms. The maximum atomic E-state index is 12.9. The van der Waals surface area contributed by atoms with E-state index in [2.05, 4.69) is 11.2 Å². The number of hydrogen-bond acceptors (Lipinski definition) is 4. The van der Waals surface area contributed by atoms with E-state index in [1.54, 1.807) is 17.0 Å². The number of fused-ring (bicyclic) bond motifs is 1. The van der Waals surface area contributed by atoms with Crippen molar-refractivity contribution in [3.63, 3.8) is 0 Å². The zero-order valence-electron chi connectivity index (χ0n) is 15.6. The summed E-state index contributed by atoms with van der Waals surface area (Å²) < 4.78 is 7.69. The number of aromatic nitrogens is 2. The lowest BCUT2D eigenvalue weighted by molar-refractivity contribution is 0.0706. The van der Waals surface area contributed by atoms with Gasteiger partial charge in [0.25, 0.3) is 5.91 Å². The monoisotopic (exact) mass is 372 g/mol. The summed E-state index contributed by atoms with van der Waals surface area (Å²) in [5.74, 6) is 0.495. The molecule has 3 aromatic rings. The molecule has 6 heteroatoms. The molecule has 0 fully saturated rings. The lowest BCUT2D eigenvalue weighted by Crippen LogP contribution is -2.38. The molecule has 2 aromatic carbocycles. The van der Waals surface area contributed by atoms with E-state index in [1.165, 1.54) is 0 Å². The average Bonchev–Trinajstić information content (AvgIpc) is 3.14. The molecule has 1 aliphatic rings. The van der Waals surface area contributed by atoms with E-state index in [4.69, 9.17) is 10.00 Å². The van der Waals surface area contributed by atoms with Gasteiger partial charge in [0.1, 0.15) is 6.61 Å². The van der Waals surface area contributed by atoms with Crippen molar-refractivity contribution in [2.24, 2.45) is 0 Å². The van der Waals surface area contributed by atoms with E-state index >= 15 is 0 Å². The van der Waals surface area contributed by atoms with Gasteiger partial charge in [-0.1, -0.05) is 30.3 Å². The zero-order valence-corrected chi connectivity index (χ0v) is 15.6. The van der Waals surface area contributed by atoms with Gasteiger partial charge in [0, 0.05) is 18.2 Å². The first-order chi connectivity index (χ1) is 13.6. The van der Waals surface area contributed by atoms with Crippen LogP contribution in [-0.2, 0) is 19.7 Å². The predicted molar refractivity (Wildman–Crippen MR) is 104 cm³/mol. The molecule has 0 saturated heterocycles. The molecule has 0 radical (unpaired) electrons. The smallest absolute Gasteiger partial charge is 0.254 e. The van der Waals surface area contributed by atoms with Gasteiger partial charge in [0.05, 0.1) is 30.4 Å². The van der Waals surface area contributed by atoms with Crippen LogP contribution in [0.3, 0.4) is 0 Å². The summed E-state index contributed by atoms with van der Waals surface area (Å²) in [6.07, 6.45) is 0. The third-order valence-electron chi connectivity index (χ3n) is 4.75. The van der Waals surface area contributed by atoms with Crippen LogP contribution in [0.15, 0.2) is 54.6 Å². The zero-order chi connectivity index (χ0) is 19.5. The van der Waals surface area contributed by atoms with Crippen LogP contribution in [-0.4, -0.2) is 27.1 Å². The van der Waals surface area contributed by atoms with Gasteiger partial charge in [-0.15, -0.1) is 5.10 Å². The Bertz CT molecular complexity index is 1050. The number of carbonyl (C=O) groups is 1. The molecule has 1 amide bonds. The number of aryl methyl sites for hydroxylation is 1. The van der Waals surface area contributed by atoms with Gasteiger partial charge in [-0.25, -0.2) is 0 Å². The first-order valence-electron chi connectivity index (χ1n) is 9.17. The molecule has 0 unspecified atom stereocenters. The van der Waals surface area contributed by atoms with Crippen LogP contribution in [0.1, 0.15) is 32.7 Å². The van der Waals surface area contributed by atoms with Gasteiger partial charge in [-0.05, 0) is 36.2 Å². The minimum absolute atomic E-state index is 0.0700. The number of ether oxygens (including phenoxy) is 1. The van der Waals surface area contributed by atoms with Crippen molar-refractivity contribution < 1.29 is 9.53 Å². The second-order valence-electron chi connectivity index (χ2n) is 6.90. The quantitative estimate of drug-likeness (QED) is 0.704. The fourth-order valence-corrected chi connectivity index (χ4v) is 3.37. The Morgan fingerprint density at radius 3 is 2.79 bits per heavy atom. The average molecular weight is 372 g/mol. The molecule has 2 heterocycles. The molecular formula is C22H20N4O2. The van der Waals surface area contributed by atoms with Crippen LogP contribution in [0.4, 0.5) is 0 Å². The molecule has 1 aliphatic heterocycles. The SMILES string of the molecule is Cc1cc(C#N)cc(C(=O)N2CCn3nc(OCc4ccccc4)cc3C2)c1. The molecule has 4 rings (SSSR count). The van der Waals surface area contributed by atoms with Crippen molar-refractivity contribution in [2.75, 3.05) is 6.54 Å². The number of carbonyl (C=O) groups excluding carboxylic acids is 1. The highest BCUT2D eigenvalue weighted by molar-refractivity contribution is 5.94. The minimum Gasteiger partial charge on any atom is -0.472 e. The second kappa shape index (κ2) is 7.57. The first-order valence-corrected chi connectivity index (χ1v) is 9.17. The summed E-state index contributed by atoms with van der Waals surface area (Å²) in [6.45, 7) is 4.00. The van der Waals surface area contributed by atoms with Crippen LogP contribution < -0.4 is 4.74 Å². The Balaban J connectivity index is 1.46. The van der Waals surface area contributed by atoms with E-state index in [0.717, 1.165) is 16.8 Å². The Labute approximate surface area is 163 Å². The van der Waals surface area contributed by atoms with E-state index in [1.807, 2.05) is 54.1 Å². The molecule has 0 aliphatic carbocycles. The van der Waals surface area contributed by atoms with Crippen molar-refractivity contribution >= 4 is 5.91 Å². The van der Waals surface area contributed by atoms with Crippen molar-refractivity contribution in [2.45, 2.75) is 26.6 Å². The molecule has 0 N–H and O–H groups in total. The summed E-state index contributed by atoms with van der Waals surface area (Å²) in [5, 5.41) is 13.6. The van der Waals surface area contributed by atoms with Crippen LogP contribution in [0.5, 0.6) is 5.88 Å². The van der Waals surface area contributed by atoms with E-state index in [9.17, 15) is 4.79 Å². The van der Waals surface area contributed by atoms with Crippen LogP contribution in [0.2, 0.25) is 0 Å². The standard InChI is InChI=1S/C22H20N4O2/c1-16-9-18(13-23)11-19(10-16)22(27)25-7-8-26-20(14-25)12-21(24-26)28-15-17-5-3-2-4-6-17/h2-6,9-12H,7-8,14-15H2,1H3. The lowest BCUT2D eigenvalue weighted by atomic mass is 10.1. The number of hydrogen-bond donors (Lipinski definition) is 0. The van der Waals surface area contributed by atoms with E-state index in [0.29, 0.717) is 43.2 Å². The fraction of sp³-hybridized carbons (Fsp3) is 0.227. The largest absolute Gasteiger partial charge is 0.472 e. The molecule has 0 bridgehead atoms. The number of rotatable bonds is 4. The summed E-state index contributed by atoms with van der Waals surface area (Å²) in [6, 6.07) is 19.2. The van der Waals surface area contributed by atoms with Gasteiger partial charge in [-0.2, -0.15) is 5.26 Å².